The van der Waals surface area contributed by atoms with Crippen LogP contribution in [0.5, 0.6) is 5.75 Å². The first-order chi connectivity index (χ1) is 18.7. The Morgan fingerprint density at radius 1 is 0.925 bits per heavy atom. The summed E-state index contributed by atoms with van der Waals surface area (Å²) in [6.45, 7) is 7.60. The normalized spacial score (nSPS) is 14.8. The summed E-state index contributed by atoms with van der Waals surface area (Å²) in [5, 5.41) is 27.0. The number of carboxylic acids is 1. The number of phenolic OH excluding ortho intramolecular Hbond substituents is 1. The molecule has 0 radical (unpaired) electrons. The van der Waals surface area contributed by atoms with Crippen molar-refractivity contribution in [1.82, 2.24) is 16.0 Å². The Kier molecular flexibility index (Phi) is 14.5. The van der Waals surface area contributed by atoms with E-state index in [0.717, 1.165) is 5.56 Å². The summed E-state index contributed by atoms with van der Waals surface area (Å²) in [6, 6.07) is 2.15. The number of hydrogen-bond donors (Lipinski definition) is 8. The Bertz CT molecular complexity index is 1010. The number of nitrogens with one attached hydrogen (secondary N) is 3. The quantitative estimate of drug-likeness (QED) is 0.0719. The van der Waals surface area contributed by atoms with Crippen molar-refractivity contribution in [3.05, 3.63) is 29.8 Å². The predicted octanol–water partition coefficient (Wildman–Crippen LogP) is -0.0532. The first-order valence-corrected chi connectivity index (χ1v) is 13.5. The average molecular weight is 564 g/mol. The molecule has 0 aromatic heterocycles. The second kappa shape index (κ2) is 17.0. The van der Waals surface area contributed by atoms with Crippen molar-refractivity contribution < 1.29 is 29.4 Å². The molecule has 0 aliphatic heterocycles. The zero-order valence-electron chi connectivity index (χ0n) is 23.7. The number of amides is 3. The number of hydrogen-bond acceptors (Lipinski definition) is 7. The lowest BCUT2D eigenvalue weighted by atomic mass is 9.96. The molecule has 11 N–H and O–H groups in total. The van der Waals surface area contributed by atoms with Crippen LogP contribution in [0.1, 0.15) is 58.9 Å². The van der Waals surface area contributed by atoms with Gasteiger partial charge in [-0.1, -0.05) is 46.2 Å². The van der Waals surface area contributed by atoms with Crippen LogP contribution >= 0.6 is 0 Å². The molecular weight excluding hydrogens is 518 g/mol. The molecule has 5 atom stereocenters. The van der Waals surface area contributed by atoms with E-state index in [-0.39, 0.29) is 42.9 Å². The number of guanidine groups is 1. The highest BCUT2D eigenvalue weighted by Crippen LogP contribution is 2.13. The zero-order valence-corrected chi connectivity index (χ0v) is 23.7. The zero-order chi connectivity index (χ0) is 30.4. The number of carbonyl (C=O) groups is 4. The second-order valence-corrected chi connectivity index (χ2v) is 10.4. The average Bonchev–Trinajstić information content (AvgIpc) is 2.88. The third-order valence-electron chi connectivity index (χ3n) is 6.42. The summed E-state index contributed by atoms with van der Waals surface area (Å²) >= 11 is 0. The molecule has 0 aliphatic carbocycles. The van der Waals surface area contributed by atoms with E-state index in [4.69, 9.17) is 17.2 Å². The molecule has 0 saturated heterocycles. The van der Waals surface area contributed by atoms with E-state index in [0.29, 0.717) is 19.3 Å². The molecule has 1 aromatic carbocycles. The highest BCUT2D eigenvalue weighted by atomic mass is 16.4. The maximum atomic E-state index is 13.3. The van der Waals surface area contributed by atoms with Gasteiger partial charge < -0.3 is 43.4 Å². The molecule has 3 amide bonds. The lowest BCUT2D eigenvalue weighted by Gasteiger charge is -2.28. The lowest BCUT2D eigenvalue weighted by molar-refractivity contribution is -0.143. The van der Waals surface area contributed by atoms with Gasteiger partial charge in [0.05, 0.1) is 6.04 Å². The maximum Gasteiger partial charge on any atom is 0.326 e. The molecule has 40 heavy (non-hydrogen) atoms. The van der Waals surface area contributed by atoms with E-state index >= 15 is 0 Å². The van der Waals surface area contributed by atoms with E-state index in [1.54, 1.807) is 19.1 Å². The molecule has 0 aliphatic rings. The lowest BCUT2D eigenvalue weighted by Crippen LogP contribution is -2.59. The van der Waals surface area contributed by atoms with E-state index in [1.807, 2.05) is 20.8 Å². The van der Waals surface area contributed by atoms with Crippen molar-refractivity contribution >= 4 is 29.7 Å². The molecule has 0 spiro atoms. The molecule has 13 heteroatoms. The number of benzene rings is 1. The smallest absolute Gasteiger partial charge is 0.326 e. The Morgan fingerprint density at radius 2 is 1.52 bits per heavy atom. The van der Waals surface area contributed by atoms with Crippen LogP contribution in [-0.2, 0) is 25.6 Å². The molecule has 0 bridgehead atoms. The maximum absolute atomic E-state index is 13.3. The van der Waals surface area contributed by atoms with Gasteiger partial charge >= 0.3 is 5.97 Å². The number of aliphatic carboxylic acids is 1. The monoisotopic (exact) mass is 563 g/mol. The highest BCUT2D eigenvalue weighted by molar-refractivity contribution is 5.94. The van der Waals surface area contributed by atoms with Crippen LogP contribution in [0.15, 0.2) is 29.3 Å². The highest BCUT2D eigenvalue weighted by Gasteiger charge is 2.33. The molecule has 1 aromatic rings. The summed E-state index contributed by atoms with van der Waals surface area (Å²) in [4.78, 5) is 54.9. The van der Waals surface area contributed by atoms with Gasteiger partial charge in [-0.15, -0.1) is 0 Å². The molecule has 0 fully saturated rings. The fraction of sp³-hybridized carbons (Fsp3) is 0.593. The van der Waals surface area contributed by atoms with E-state index in [2.05, 4.69) is 20.9 Å². The van der Waals surface area contributed by atoms with Crippen LogP contribution < -0.4 is 33.2 Å². The topological polar surface area (TPSA) is 235 Å². The van der Waals surface area contributed by atoms with E-state index in [9.17, 15) is 29.4 Å². The van der Waals surface area contributed by atoms with Crippen LogP contribution in [0.3, 0.4) is 0 Å². The number of phenols is 1. The minimum Gasteiger partial charge on any atom is -0.508 e. The molecule has 0 saturated carbocycles. The number of carbonyl (C=O) groups excluding carboxylic acids is 3. The third kappa shape index (κ3) is 12.3. The van der Waals surface area contributed by atoms with Gasteiger partial charge in [0.15, 0.2) is 5.96 Å². The van der Waals surface area contributed by atoms with Crippen molar-refractivity contribution in [2.75, 3.05) is 6.54 Å². The number of rotatable bonds is 17. The summed E-state index contributed by atoms with van der Waals surface area (Å²) < 4.78 is 0. The van der Waals surface area contributed by atoms with Gasteiger partial charge in [0.1, 0.15) is 23.9 Å². The van der Waals surface area contributed by atoms with Gasteiger partial charge in [-0.3, -0.25) is 19.4 Å². The predicted molar refractivity (Wildman–Crippen MR) is 152 cm³/mol. The standard InChI is InChI=1S/C27H45N7O6/c1-5-16(4)22(25(38)32-20(26(39)40)7-6-12-31-27(29)30)34-24(37)21(13-15(2)3)33-23(36)19(28)14-17-8-10-18(35)11-9-17/h8-11,15-16,19-22,35H,5-7,12-14,28H2,1-4H3,(H,32,38)(H,33,36)(H,34,37)(H,39,40)(H4,29,30,31). The Labute approximate surface area is 235 Å². The number of carboxylic acid groups (broad SMARTS) is 1. The van der Waals surface area contributed by atoms with Gasteiger partial charge in [-0.05, 0) is 55.2 Å². The largest absolute Gasteiger partial charge is 0.508 e. The van der Waals surface area contributed by atoms with Crippen molar-refractivity contribution in [3.63, 3.8) is 0 Å². The van der Waals surface area contributed by atoms with Gasteiger partial charge in [-0.25, -0.2) is 4.79 Å². The van der Waals surface area contributed by atoms with Crippen molar-refractivity contribution in [2.24, 2.45) is 34.0 Å². The Balaban J connectivity index is 2.96. The minimum absolute atomic E-state index is 0.0295. The van der Waals surface area contributed by atoms with Crippen LogP contribution in [0.4, 0.5) is 0 Å². The number of aliphatic imine (C=N–C) groups is 1. The molecule has 1 rings (SSSR count). The summed E-state index contributed by atoms with van der Waals surface area (Å²) in [7, 11) is 0. The van der Waals surface area contributed by atoms with Crippen molar-refractivity contribution in [3.8, 4) is 5.75 Å². The molecular formula is C27H45N7O6. The third-order valence-corrected chi connectivity index (χ3v) is 6.42. The van der Waals surface area contributed by atoms with Crippen LogP contribution in [0.2, 0.25) is 0 Å². The van der Waals surface area contributed by atoms with Crippen LogP contribution in [-0.4, -0.2) is 70.6 Å². The Hall–Kier alpha value is -3.87. The summed E-state index contributed by atoms with van der Waals surface area (Å²) in [5.74, 6) is -3.29. The number of aromatic hydroxyl groups is 1. The summed E-state index contributed by atoms with van der Waals surface area (Å²) in [6.07, 6.45) is 1.42. The number of nitrogens with two attached hydrogens (primary N) is 3. The first-order valence-electron chi connectivity index (χ1n) is 13.5. The van der Waals surface area contributed by atoms with Gasteiger partial charge in [0.2, 0.25) is 17.7 Å². The minimum atomic E-state index is -1.22. The molecule has 224 valence electrons. The molecule has 0 heterocycles. The Morgan fingerprint density at radius 3 is 2.05 bits per heavy atom. The SMILES string of the molecule is CCC(C)C(NC(=O)C(CC(C)C)NC(=O)C(N)Cc1ccc(O)cc1)C(=O)NC(CCCN=C(N)N)C(=O)O. The van der Waals surface area contributed by atoms with Crippen molar-refractivity contribution in [2.45, 2.75) is 84.0 Å². The van der Waals surface area contributed by atoms with E-state index < -0.39 is 47.9 Å². The van der Waals surface area contributed by atoms with E-state index in [1.165, 1.54) is 12.1 Å². The van der Waals surface area contributed by atoms with Crippen LogP contribution in [0.25, 0.3) is 0 Å². The first kappa shape index (κ1) is 34.2. The fourth-order valence-corrected chi connectivity index (χ4v) is 3.94. The fourth-order valence-electron chi connectivity index (χ4n) is 3.94. The second-order valence-electron chi connectivity index (χ2n) is 10.4. The van der Waals surface area contributed by atoms with Crippen molar-refractivity contribution in [1.29, 1.82) is 0 Å². The van der Waals surface area contributed by atoms with Gasteiger partial charge in [0, 0.05) is 6.54 Å². The number of nitrogens with zero attached hydrogens (tertiary/aromatic N) is 1. The summed E-state index contributed by atoms with van der Waals surface area (Å²) in [5.41, 5.74) is 17.4. The molecule has 13 nitrogen and oxygen atoms in total. The molecule has 5 unspecified atom stereocenters. The van der Waals surface area contributed by atoms with Crippen LogP contribution in [0, 0.1) is 11.8 Å². The van der Waals surface area contributed by atoms with Gasteiger partial charge in [0.25, 0.3) is 0 Å². The van der Waals surface area contributed by atoms with Gasteiger partial charge in [-0.2, -0.15) is 0 Å².